The third-order valence-corrected chi connectivity index (χ3v) is 3.96. The number of nitrogens with one attached hydrogen (secondary N) is 3. The normalized spacial score (nSPS) is 13.4. The van der Waals surface area contributed by atoms with Crippen LogP contribution < -0.4 is 16.4 Å². The highest BCUT2D eigenvalue weighted by molar-refractivity contribution is 6.07. The summed E-state index contributed by atoms with van der Waals surface area (Å²) in [5.74, 6) is 0.511. The van der Waals surface area contributed by atoms with E-state index in [2.05, 4.69) is 10.6 Å². The molecular formula is C18H20N4O. The van der Waals surface area contributed by atoms with Crippen LogP contribution in [0.4, 0.5) is 17.1 Å². The highest BCUT2D eigenvalue weighted by atomic mass is 16.1. The van der Waals surface area contributed by atoms with Crippen LogP contribution in [0.3, 0.4) is 0 Å². The molecule has 0 heterocycles. The second kappa shape index (κ2) is 6.52. The van der Waals surface area contributed by atoms with Crippen molar-refractivity contribution in [1.82, 2.24) is 0 Å². The molecule has 1 aliphatic rings. The molecule has 0 aromatic heterocycles. The fraction of sp³-hybridized carbons (Fsp3) is 0.222. The standard InChI is InChI=1S/C18H20N4O/c19-10-14-9-13(7-8-16(14)21-11-12-5-6-12)18(23)22-17-4-2-1-3-15(17)20/h1-4,7-10,12,19,21H,5-6,11,20H2,(H,22,23). The molecule has 1 fully saturated rings. The lowest BCUT2D eigenvalue weighted by molar-refractivity contribution is 0.102. The summed E-state index contributed by atoms with van der Waals surface area (Å²) in [6.07, 6.45) is 3.81. The number of hydrogen-bond donors (Lipinski definition) is 4. The van der Waals surface area contributed by atoms with Gasteiger partial charge in [0, 0.05) is 29.6 Å². The topological polar surface area (TPSA) is 91.0 Å². The maximum Gasteiger partial charge on any atom is 0.255 e. The minimum Gasteiger partial charge on any atom is -0.397 e. The molecule has 5 heteroatoms. The van der Waals surface area contributed by atoms with Crippen LogP contribution in [-0.4, -0.2) is 18.7 Å². The first-order valence-electron chi connectivity index (χ1n) is 7.71. The van der Waals surface area contributed by atoms with Crippen molar-refractivity contribution in [3.8, 4) is 0 Å². The van der Waals surface area contributed by atoms with Gasteiger partial charge in [-0.1, -0.05) is 12.1 Å². The van der Waals surface area contributed by atoms with Gasteiger partial charge < -0.3 is 21.8 Å². The maximum atomic E-state index is 12.4. The smallest absolute Gasteiger partial charge is 0.255 e. The Balaban J connectivity index is 1.75. The van der Waals surface area contributed by atoms with Crippen LogP contribution in [0.1, 0.15) is 28.8 Å². The van der Waals surface area contributed by atoms with Crippen LogP contribution in [0, 0.1) is 11.3 Å². The van der Waals surface area contributed by atoms with Crippen molar-refractivity contribution in [2.24, 2.45) is 5.92 Å². The van der Waals surface area contributed by atoms with Crippen molar-refractivity contribution in [3.63, 3.8) is 0 Å². The number of amides is 1. The Labute approximate surface area is 135 Å². The average Bonchev–Trinajstić information content (AvgIpc) is 3.39. The molecule has 1 aliphatic carbocycles. The van der Waals surface area contributed by atoms with E-state index in [1.807, 2.05) is 18.2 Å². The summed E-state index contributed by atoms with van der Waals surface area (Å²) >= 11 is 0. The largest absolute Gasteiger partial charge is 0.397 e. The first kappa shape index (κ1) is 15.1. The molecule has 2 aromatic rings. The summed E-state index contributed by atoms with van der Waals surface area (Å²) in [6.45, 7) is 0.924. The molecule has 2 aromatic carbocycles. The fourth-order valence-corrected chi connectivity index (χ4v) is 2.37. The number of nitrogen functional groups attached to an aromatic ring is 1. The second-order valence-electron chi connectivity index (χ2n) is 5.81. The molecule has 1 amide bonds. The molecule has 0 saturated heterocycles. The van der Waals surface area contributed by atoms with Crippen molar-refractivity contribution in [2.45, 2.75) is 12.8 Å². The number of hydrogen-bond acceptors (Lipinski definition) is 4. The Morgan fingerprint density at radius 1 is 1.22 bits per heavy atom. The minimum atomic E-state index is -0.236. The zero-order valence-electron chi connectivity index (χ0n) is 12.8. The van der Waals surface area contributed by atoms with Gasteiger partial charge in [-0.25, -0.2) is 0 Å². The molecule has 5 nitrogen and oxygen atoms in total. The molecule has 0 radical (unpaired) electrons. The predicted molar refractivity (Wildman–Crippen MR) is 94.3 cm³/mol. The van der Waals surface area contributed by atoms with Crippen molar-refractivity contribution in [1.29, 1.82) is 5.41 Å². The number of carbonyl (C=O) groups is 1. The quantitative estimate of drug-likeness (QED) is 0.487. The van der Waals surface area contributed by atoms with Crippen LogP contribution in [-0.2, 0) is 0 Å². The third kappa shape index (κ3) is 3.69. The Morgan fingerprint density at radius 3 is 2.70 bits per heavy atom. The van der Waals surface area contributed by atoms with Gasteiger partial charge in [-0.15, -0.1) is 0 Å². The molecule has 1 saturated carbocycles. The summed E-state index contributed by atoms with van der Waals surface area (Å²) in [4.78, 5) is 12.4. The van der Waals surface area contributed by atoms with Crippen molar-refractivity contribution in [3.05, 3.63) is 53.6 Å². The number of nitrogens with two attached hydrogens (primary N) is 1. The van der Waals surface area contributed by atoms with Gasteiger partial charge in [-0.2, -0.15) is 0 Å². The van der Waals surface area contributed by atoms with E-state index < -0.39 is 0 Å². The molecule has 0 bridgehead atoms. The van der Waals surface area contributed by atoms with E-state index in [1.165, 1.54) is 19.1 Å². The zero-order chi connectivity index (χ0) is 16.2. The number of para-hydroxylation sites is 2. The van der Waals surface area contributed by atoms with Crippen LogP contribution in [0.25, 0.3) is 0 Å². The molecule has 5 N–H and O–H groups in total. The zero-order valence-corrected chi connectivity index (χ0v) is 12.8. The van der Waals surface area contributed by atoms with Crippen molar-refractivity contribution < 1.29 is 4.79 Å². The second-order valence-corrected chi connectivity index (χ2v) is 5.81. The summed E-state index contributed by atoms with van der Waals surface area (Å²) in [6, 6.07) is 12.5. The molecule has 118 valence electrons. The summed E-state index contributed by atoms with van der Waals surface area (Å²) in [5.41, 5.74) is 9.05. The highest BCUT2D eigenvalue weighted by Gasteiger charge is 2.21. The number of rotatable bonds is 6. The van der Waals surface area contributed by atoms with E-state index in [-0.39, 0.29) is 5.91 Å². The Morgan fingerprint density at radius 2 is 2.00 bits per heavy atom. The van der Waals surface area contributed by atoms with E-state index in [0.717, 1.165) is 18.2 Å². The van der Waals surface area contributed by atoms with Crippen LogP contribution >= 0.6 is 0 Å². The van der Waals surface area contributed by atoms with Gasteiger partial charge in [0.25, 0.3) is 5.91 Å². The van der Waals surface area contributed by atoms with Gasteiger partial charge in [0.05, 0.1) is 11.4 Å². The monoisotopic (exact) mass is 308 g/mol. The van der Waals surface area contributed by atoms with E-state index in [9.17, 15) is 4.79 Å². The van der Waals surface area contributed by atoms with Gasteiger partial charge in [-0.05, 0) is 49.1 Å². The lowest BCUT2D eigenvalue weighted by atomic mass is 10.1. The SMILES string of the molecule is N=Cc1cc(C(=O)Nc2ccccc2N)ccc1NCC1CC1. The number of anilines is 3. The molecule has 0 spiro atoms. The number of benzene rings is 2. The van der Waals surface area contributed by atoms with Gasteiger partial charge in [0.15, 0.2) is 0 Å². The molecule has 3 rings (SSSR count). The molecular weight excluding hydrogens is 288 g/mol. The van der Waals surface area contributed by atoms with E-state index >= 15 is 0 Å². The predicted octanol–water partition coefficient (Wildman–Crippen LogP) is 3.34. The van der Waals surface area contributed by atoms with Crippen LogP contribution in [0.15, 0.2) is 42.5 Å². The first-order chi connectivity index (χ1) is 11.2. The summed E-state index contributed by atoms with van der Waals surface area (Å²) < 4.78 is 0. The molecule has 23 heavy (non-hydrogen) atoms. The molecule has 0 aliphatic heterocycles. The summed E-state index contributed by atoms with van der Waals surface area (Å²) in [5, 5.41) is 13.7. The van der Waals surface area contributed by atoms with Gasteiger partial charge in [0.2, 0.25) is 0 Å². The average molecular weight is 308 g/mol. The van der Waals surface area contributed by atoms with Crippen LogP contribution in [0.2, 0.25) is 0 Å². The van der Waals surface area contributed by atoms with Crippen molar-refractivity contribution >= 4 is 29.2 Å². The third-order valence-electron chi connectivity index (χ3n) is 3.96. The summed E-state index contributed by atoms with van der Waals surface area (Å²) in [7, 11) is 0. The molecule has 0 atom stereocenters. The maximum absolute atomic E-state index is 12.4. The Bertz CT molecular complexity index is 738. The minimum absolute atomic E-state index is 0.236. The van der Waals surface area contributed by atoms with Gasteiger partial charge in [0.1, 0.15) is 0 Å². The fourth-order valence-electron chi connectivity index (χ4n) is 2.37. The number of carbonyl (C=O) groups excluding carboxylic acids is 1. The van der Waals surface area contributed by atoms with Crippen LogP contribution in [0.5, 0.6) is 0 Å². The Kier molecular flexibility index (Phi) is 4.28. The van der Waals surface area contributed by atoms with E-state index in [4.69, 9.17) is 11.1 Å². The van der Waals surface area contributed by atoms with Crippen molar-refractivity contribution in [2.75, 3.05) is 22.9 Å². The Hall–Kier alpha value is -2.82. The van der Waals surface area contributed by atoms with Gasteiger partial charge >= 0.3 is 0 Å². The van der Waals surface area contributed by atoms with E-state index in [1.54, 1.807) is 24.3 Å². The highest BCUT2D eigenvalue weighted by Crippen LogP contribution is 2.29. The lowest BCUT2D eigenvalue weighted by Gasteiger charge is -2.12. The lowest BCUT2D eigenvalue weighted by Crippen LogP contribution is -2.14. The van der Waals surface area contributed by atoms with E-state index in [0.29, 0.717) is 22.5 Å². The molecule has 0 unspecified atom stereocenters. The first-order valence-corrected chi connectivity index (χ1v) is 7.71. The van der Waals surface area contributed by atoms with Gasteiger partial charge in [-0.3, -0.25) is 4.79 Å².